The lowest BCUT2D eigenvalue weighted by molar-refractivity contribution is -0.151. The zero-order valence-electron chi connectivity index (χ0n) is 18.0. The molecule has 1 heterocycles. The SMILES string of the molecule is CCOC(=O)C(Oc1ccc2c(c1)O/C(=C\c1ccc(CC)cc1)C2=O)c1ccccc1. The third kappa shape index (κ3) is 4.57. The zero-order chi connectivity index (χ0) is 22.5. The van der Waals surface area contributed by atoms with Gasteiger partial charge in [-0.15, -0.1) is 0 Å². The number of allylic oxidation sites excluding steroid dienone is 1. The third-order valence-electron chi connectivity index (χ3n) is 5.18. The van der Waals surface area contributed by atoms with Crippen molar-refractivity contribution >= 4 is 17.8 Å². The highest BCUT2D eigenvalue weighted by Gasteiger charge is 2.29. The fourth-order valence-electron chi connectivity index (χ4n) is 3.48. The number of hydrogen-bond donors (Lipinski definition) is 0. The van der Waals surface area contributed by atoms with Crippen molar-refractivity contribution in [3.63, 3.8) is 0 Å². The Hall–Kier alpha value is -3.86. The molecule has 3 aromatic rings. The molecule has 0 amide bonds. The molecule has 0 spiro atoms. The van der Waals surface area contributed by atoms with E-state index in [1.165, 1.54) is 5.56 Å². The minimum Gasteiger partial charge on any atom is -0.474 e. The predicted octanol–water partition coefficient (Wildman–Crippen LogP) is 5.55. The zero-order valence-corrected chi connectivity index (χ0v) is 18.0. The number of benzene rings is 3. The second-order valence-corrected chi connectivity index (χ2v) is 7.35. The van der Waals surface area contributed by atoms with E-state index in [1.807, 2.05) is 42.5 Å². The first-order chi connectivity index (χ1) is 15.6. The molecular formula is C27H24O5. The molecular weight excluding hydrogens is 404 g/mol. The minimum absolute atomic E-state index is 0.184. The van der Waals surface area contributed by atoms with E-state index in [9.17, 15) is 9.59 Å². The topological polar surface area (TPSA) is 61.8 Å². The van der Waals surface area contributed by atoms with Crippen LogP contribution in [0.2, 0.25) is 0 Å². The van der Waals surface area contributed by atoms with Crippen LogP contribution in [0.3, 0.4) is 0 Å². The summed E-state index contributed by atoms with van der Waals surface area (Å²) in [5, 5.41) is 0. The quantitative estimate of drug-likeness (QED) is 0.365. The van der Waals surface area contributed by atoms with Crippen LogP contribution in [0.5, 0.6) is 11.5 Å². The molecule has 32 heavy (non-hydrogen) atoms. The molecule has 162 valence electrons. The van der Waals surface area contributed by atoms with Crippen LogP contribution in [0.4, 0.5) is 0 Å². The summed E-state index contributed by atoms with van der Waals surface area (Å²) in [5.41, 5.74) is 3.26. The number of ether oxygens (including phenoxy) is 3. The van der Waals surface area contributed by atoms with Crippen molar-refractivity contribution < 1.29 is 23.8 Å². The van der Waals surface area contributed by atoms with Crippen LogP contribution in [-0.2, 0) is 16.0 Å². The lowest BCUT2D eigenvalue weighted by Crippen LogP contribution is -2.21. The lowest BCUT2D eigenvalue weighted by atomic mass is 10.1. The Kier molecular flexibility index (Phi) is 6.36. The number of ketones is 1. The van der Waals surface area contributed by atoms with Crippen LogP contribution >= 0.6 is 0 Å². The van der Waals surface area contributed by atoms with Gasteiger partial charge in [0.25, 0.3) is 0 Å². The van der Waals surface area contributed by atoms with Crippen molar-refractivity contribution in [2.75, 3.05) is 6.61 Å². The summed E-state index contributed by atoms with van der Waals surface area (Å²) in [6.45, 7) is 4.09. The average Bonchev–Trinajstić information content (AvgIpc) is 3.13. The standard InChI is InChI=1S/C27H24O5/c1-3-18-10-12-19(13-11-18)16-24-25(28)22-15-14-21(17-23(22)32-24)31-26(27(29)30-4-2)20-8-6-5-7-9-20/h5-17,26H,3-4H2,1-2H3/b24-16-. The van der Waals surface area contributed by atoms with Gasteiger partial charge in [0.15, 0.2) is 5.76 Å². The highest BCUT2D eigenvalue weighted by atomic mass is 16.6. The smallest absolute Gasteiger partial charge is 0.352 e. The Bertz CT molecular complexity index is 1150. The summed E-state index contributed by atoms with van der Waals surface area (Å²) in [6, 6.07) is 22.1. The minimum atomic E-state index is -0.918. The van der Waals surface area contributed by atoms with E-state index < -0.39 is 12.1 Å². The molecule has 1 aliphatic heterocycles. The average molecular weight is 428 g/mol. The Labute approximate surface area is 187 Å². The third-order valence-corrected chi connectivity index (χ3v) is 5.18. The highest BCUT2D eigenvalue weighted by molar-refractivity contribution is 6.14. The molecule has 1 atom stereocenters. The van der Waals surface area contributed by atoms with Crippen LogP contribution in [0.25, 0.3) is 6.08 Å². The molecule has 0 aromatic heterocycles. The number of aryl methyl sites for hydroxylation is 1. The first kappa shape index (κ1) is 21.4. The molecule has 0 fully saturated rings. The molecule has 3 aromatic carbocycles. The van der Waals surface area contributed by atoms with Gasteiger partial charge in [-0.2, -0.15) is 0 Å². The van der Waals surface area contributed by atoms with E-state index in [1.54, 1.807) is 43.3 Å². The van der Waals surface area contributed by atoms with Crippen molar-refractivity contribution in [1.29, 1.82) is 0 Å². The van der Waals surface area contributed by atoms with Gasteiger partial charge in [-0.05, 0) is 42.7 Å². The summed E-state index contributed by atoms with van der Waals surface area (Å²) >= 11 is 0. The maximum absolute atomic E-state index is 12.8. The largest absolute Gasteiger partial charge is 0.474 e. The summed E-state index contributed by atoms with van der Waals surface area (Å²) < 4.78 is 17.0. The molecule has 0 N–H and O–H groups in total. The second-order valence-electron chi connectivity index (χ2n) is 7.35. The van der Waals surface area contributed by atoms with E-state index in [2.05, 4.69) is 6.92 Å². The predicted molar refractivity (Wildman–Crippen MR) is 122 cm³/mol. The van der Waals surface area contributed by atoms with E-state index >= 15 is 0 Å². The fraction of sp³-hybridized carbons (Fsp3) is 0.185. The highest BCUT2D eigenvalue weighted by Crippen LogP contribution is 2.36. The van der Waals surface area contributed by atoms with E-state index in [0.29, 0.717) is 22.6 Å². The molecule has 0 saturated heterocycles. The van der Waals surface area contributed by atoms with Crippen molar-refractivity contribution in [3.05, 3.63) is 101 Å². The van der Waals surface area contributed by atoms with Crippen LogP contribution in [0.15, 0.2) is 78.6 Å². The molecule has 5 nitrogen and oxygen atoms in total. The molecule has 1 aliphatic rings. The van der Waals surface area contributed by atoms with Gasteiger partial charge >= 0.3 is 5.97 Å². The summed E-state index contributed by atoms with van der Waals surface area (Å²) in [6.07, 6.45) is 1.77. The first-order valence-corrected chi connectivity index (χ1v) is 10.6. The number of rotatable bonds is 7. The summed E-state index contributed by atoms with van der Waals surface area (Å²) in [7, 11) is 0. The Balaban J connectivity index is 1.57. The number of fused-ring (bicyclic) bond motifs is 1. The Morgan fingerprint density at radius 3 is 2.44 bits per heavy atom. The van der Waals surface area contributed by atoms with Gasteiger partial charge in [0.05, 0.1) is 12.2 Å². The Morgan fingerprint density at radius 1 is 1.00 bits per heavy atom. The Morgan fingerprint density at radius 2 is 1.75 bits per heavy atom. The van der Waals surface area contributed by atoms with Gasteiger partial charge in [-0.1, -0.05) is 61.5 Å². The summed E-state index contributed by atoms with van der Waals surface area (Å²) in [5.74, 6) is 0.404. The number of carbonyl (C=O) groups excluding carboxylic acids is 2. The molecule has 0 aliphatic carbocycles. The van der Waals surface area contributed by atoms with Crippen molar-refractivity contribution in [1.82, 2.24) is 0 Å². The number of esters is 1. The lowest BCUT2D eigenvalue weighted by Gasteiger charge is -2.18. The molecule has 0 saturated carbocycles. The van der Waals surface area contributed by atoms with Gasteiger partial charge in [0, 0.05) is 11.6 Å². The van der Waals surface area contributed by atoms with E-state index in [4.69, 9.17) is 14.2 Å². The molecule has 5 heteroatoms. The van der Waals surface area contributed by atoms with Crippen LogP contribution in [-0.4, -0.2) is 18.4 Å². The van der Waals surface area contributed by atoms with Gasteiger partial charge in [-0.3, -0.25) is 4.79 Å². The van der Waals surface area contributed by atoms with Gasteiger partial charge in [-0.25, -0.2) is 4.79 Å². The van der Waals surface area contributed by atoms with Crippen LogP contribution in [0.1, 0.15) is 47.0 Å². The molecule has 0 bridgehead atoms. The summed E-state index contributed by atoms with van der Waals surface area (Å²) in [4.78, 5) is 25.3. The number of hydrogen-bond acceptors (Lipinski definition) is 5. The van der Waals surface area contributed by atoms with Gasteiger partial charge in [0.2, 0.25) is 11.9 Å². The maximum atomic E-state index is 12.8. The van der Waals surface area contributed by atoms with E-state index in [-0.39, 0.29) is 18.1 Å². The monoisotopic (exact) mass is 428 g/mol. The number of carbonyl (C=O) groups is 2. The van der Waals surface area contributed by atoms with E-state index in [0.717, 1.165) is 12.0 Å². The normalized spacial score (nSPS) is 14.6. The molecule has 4 rings (SSSR count). The van der Waals surface area contributed by atoms with Crippen LogP contribution in [0, 0.1) is 0 Å². The van der Waals surface area contributed by atoms with Gasteiger partial charge < -0.3 is 14.2 Å². The van der Waals surface area contributed by atoms with Gasteiger partial charge in [0.1, 0.15) is 11.5 Å². The maximum Gasteiger partial charge on any atom is 0.352 e. The number of Topliss-reactive ketones (excluding diaryl/α,β-unsaturated/α-hetero) is 1. The van der Waals surface area contributed by atoms with Crippen LogP contribution < -0.4 is 9.47 Å². The van der Waals surface area contributed by atoms with Crippen molar-refractivity contribution in [2.24, 2.45) is 0 Å². The van der Waals surface area contributed by atoms with Crippen molar-refractivity contribution in [3.8, 4) is 11.5 Å². The molecule has 0 radical (unpaired) electrons. The first-order valence-electron chi connectivity index (χ1n) is 10.6. The van der Waals surface area contributed by atoms with Crippen molar-refractivity contribution in [2.45, 2.75) is 26.4 Å². The molecule has 1 unspecified atom stereocenters. The fourth-order valence-corrected chi connectivity index (χ4v) is 3.48. The second kappa shape index (κ2) is 9.52.